The summed E-state index contributed by atoms with van der Waals surface area (Å²) in [7, 11) is 0. The monoisotopic (exact) mass is 218 g/mol. The molecule has 0 aromatic heterocycles. The fourth-order valence-electron chi connectivity index (χ4n) is 1.09. The van der Waals surface area contributed by atoms with Crippen LogP contribution in [-0.4, -0.2) is 17.1 Å². The molecule has 1 nitrogen and oxygen atoms in total. The number of aliphatic hydroxyl groups is 1. The van der Waals surface area contributed by atoms with E-state index in [2.05, 4.69) is 0 Å². The van der Waals surface area contributed by atoms with Crippen LogP contribution in [0.25, 0.3) is 0 Å². The zero-order valence-corrected chi connectivity index (χ0v) is 8.94. The molecule has 0 aliphatic rings. The molecule has 72 valence electrons. The molecule has 0 aliphatic carbocycles. The molecule has 0 spiro atoms. The average molecular weight is 219 g/mol. The van der Waals surface area contributed by atoms with E-state index in [0.29, 0.717) is 6.42 Å². The maximum atomic E-state index is 9.30. The summed E-state index contributed by atoms with van der Waals surface area (Å²) in [6, 6.07) is 5.77. The molecule has 13 heavy (non-hydrogen) atoms. The van der Waals surface area contributed by atoms with E-state index in [9.17, 15) is 5.11 Å². The van der Waals surface area contributed by atoms with Gasteiger partial charge in [-0.2, -0.15) is 0 Å². The van der Waals surface area contributed by atoms with Gasteiger partial charge in [0.1, 0.15) is 0 Å². The van der Waals surface area contributed by atoms with Crippen molar-refractivity contribution in [3.63, 3.8) is 0 Å². The van der Waals surface area contributed by atoms with Crippen molar-refractivity contribution in [3.8, 4) is 0 Å². The Balaban J connectivity index is 2.73. The molecule has 1 N–H and O–H groups in total. The summed E-state index contributed by atoms with van der Waals surface area (Å²) in [5.41, 5.74) is 2.06. The second-order valence-electron chi connectivity index (χ2n) is 3.10. The SMILES string of the molecule is Cc1ccc(CC(O)CCl)cc1Cl. The maximum absolute atomic E-state index is 9.30. The number of rotatable bonds is 3. The first-order valence-electron chi connectivity index (χ1n) is 4.12. The third-order valence-corrected chi connectivity index (χ3v) is 2.65. The van der Waals surface area contributed by atoms with Crippen LogP contribution in [0.5, 0.6) is 0 Å². The molecule has 1 unspecified atom stereocenters. The van der Waals surface area contributed by atoms with E-state index in [1.54, 1.807) is 0 Å². The van der Waals surface area contributed by atoms with Crippen molar-refractivity contribution in [2.75, 3.05) is 5.88 Å². The van der Waals surface area contributed by atoms with Gasteiger partial charge in [-0.3, -0.25) is 0 Å². The Kier molecular flexibility index (Phi) is 4.04. The largest absolute Gasteiger partial charge is 0.392 e. The zero-order valence-electron chi connectivity index (χ0n) is 7.43. The first kappa shape index (κ1) is 10.8. The molecule has 1 rings (SSSR count). The van der Waals surface area contributed by atoms with E-state index < -0.39 is 6.10 Å². The fraction of sp³-hybridized carbons (Fsp3) is 0.400. The molecule has 0 fully saturated rings. The molecule has 0 aliphatic heterocycles. The van der Waals surface area contributed by atoms with Crippen molar-refractivity contribution in [1.82, 2.24) is 0 Å². The first-order valence-corrected chi connectivity index (χ1v) is 5.04. The lowest BCUT2D eigenvalue weighted by Crippen LogP contribution is -2.11. The van der Waals surface area contributed by atoms with E-state index in [1.807, 2.05) is 25.1 Å². The summed E-state index contributed by atoms with van der Waals surface area (Å²) in [6.45, 7) is 1.95. The van der Waals surface area contributed by atoms with Crippen LogP contribution in [0.1, 0.15) is 11.1 Å². The molecule has 0 radical (unpaired) electrons. The van der Waals surface area contributed by atoms with Crippen LogP contribution in [0.3, 0.4) is 0 Å². The highest BCUT2D eigenvalue weighted by atomic mass is 35.5. The van der Waals surface area contributed by atoms with Crippen molar-refractivity contribution in [2.24, 2.45) is 0 Å². The number of hydrogen-bond donors (Lipinski definition) is 1. The number of benzene rings is 1. The lowest BCUT2D eigenvalue weighted by atomic mass is 10.1. The minimum Gasteiger partial charge on any atom is -0.392 e. The van der Waals surface area contributed by atoms with Gasteiger partial charge in [0.05, 0.1) is 6.10 Å². The summed E-state index contributed by atoms with van der Waals surface area (Å²) < 4.78 is 0. The average Bonchev–Trinajstić information content (AvgIpc) is 2.11. The lowest BCUT2D eigenvalue weighted by Gasteiger charge is -2.07. The molecule has 1 atom stereocenters. The van der Waals surface area contributed by atoms with E-state index in [0.717, 1.165) is 16.1 Å². The van der Waals surface area contributed by atoms with Crippen LogP contribution in [0, 0.1) is 6.92 Å². The van der Waals surface area contributed by atoms with Crippen molar-refractivity contribution in [1.29, 1.82) is 0 Å². The third kappa shape index (κ3) is 3.18. The highest BCUT2D eigenvalue weighted by Gasteiger charge is 2.04. The van der Waals surface area contributed by atoms with Gasteiger partial charge >= 0.3 is 0 Å². The fourth-order valence-corrected chi connectivity index (χ4v) is 1.40. The summed E-state index contributed by atoms with van der Waals surface area (Å²) in [4.78, 5) is 0. The number of alkyl halides is 1. The third-order valence-electron chi connectivity index (χ3n) is 1.89. The molecule has 1 aromatic rings. The Labute approximate surface area is 88.3 Å². The van der Waals surface area contributed by atoms with E-state index >= 15 is 0 Å². The molecule has 0 saturated heterocycles. The van der Waals surface area contributed by atoms with Crippen LogP contribution < -0.4 is 0 Å². The van der Waals surface area contributed by atoms with Crippen molar-refractivity contribution in [3.05, 3.63) is 34.3 Å². The van der Waals surface area contributed by atoms with E-state index in [1.165, 1.54) is 0 Å². The van der Waals surface area contributed by atoms with Crippen molar-refractivity contribution < 1.29 is 5.11 Å². The number of aliphatic hydroxyl groups excluding tert-OH is 1. The van der Waals surface area contributed by atoms with Crippen LogP contribution in [0.15, 0.2) is 18.2 Å². The molecule has 0 bridgehead atoms. The Bertz CT molecular complexity index is 286. The second-order valence-corrected chi connectivity index (χ2v) is 3.81. The lowest BCUT2D eigenvalue weighted by molar-refractivity contribution is 0.199. The van der Waals surface area contributed by atoms with Crippen molar-refractivity contribution >= 4 is 23.2 Å². The van der Waals surface area contributed by atoms with Crippen LogP contribution in [-0.2, 0) is 6.42 Å². The van der Waals surface area contributed by atoms with Crippen molar-refractivity contribution in [2.45, 2.75) is 19.4 Å². The zero-order chi connectivity index (χ0) is 9.84. The van der Waals surface area contributed by atoms with Gasteiger partial charge in [-0.1, -0.05) is 23.7 Å². The minimum absolute atomic E-state index is 0.255. The molecule has 0 amide bonds. The molecule has 3 heteroatoms. The van der Waals surface area contributed by atoms with Gasteiger partial charge in [0.2, 0.25) is 0 Å². The van der Waals surface area contributed by atoms with Gasteiger partial charge in [0.25, 0.3) is 0 Å². The number of halogens is 2. The standard InChI is InChI=1S/C10H12Cl2O/c1-7-2-3-8(5-10(7)12)4-9(13)6-11/h2-3,5,9,13H,4,6H2,1H3. The highest BCUT2D eigenvalue weighted by Crippen LogP contribution is 2.17. The van der Waals surface area contributed by atoms with Gasteiger partial charge < -0.3 is 5.11 Å². The predicted molar refractivity (Wildman–Crippen MR) is 56.6 cm³/mol. The van der Waals surface area contributed by atoms with Gasteiger partial charge in [-0.05, 0) is 30.5 Å². The van der Waals surface area contributed by atoms with Crippen LogP contribution in [0.2, 0.25) is 5.02 Å². The maximum Gasteiger partial charge on any atom is 0.0715 e. The summed E-state index contributed by atoms with van der Waals surface area (Å²) in [5, 5.41) is 10.0. The van der Waals surface area contributed by atoms with Gasteiger partial charge in [-0.15, -0.1) is 11.6 Å². The molecule has 1 aromatic carbocycles. The highest BCUT2D eigenvalue weighted by molar-refractivity contribution is 6.31. The Morgan fingerprint density at radius 2 is 2.15 bits per heavy atom. The Morgan fingerprint density at radius 3 is 2.69 bits per heavy atom. The smallest absolute Gasteiger partial charge is 0.0715 e. The molecule has 0 saturated carbocycles. The van der Waals surface area contributed by atoms with Crippen LogP contribution >= 0.6 is 23.2 Å². The number of hydrogen-bond acceptors (Lipinski definition) is 1. The van der Waals surface area contributed by atoms with Gasteiger partial charge in [0.15, 0.2) is 0 Å². The van der Waals surface area contributed by atoms with Gasteiger partial charge in [-0.25, -0.2) is 0 Å². The second kappa shape index (κ2) is 4.85. The Morgan fingerprint density at radius 1 is 1.46 bits per heavy atom. The van der Waals surface area contributed by atoms with Gasteiger partial charge in [0, 0.05) is 10.9 Å². The summed E-state index contributed by atoms with van der Waals surface area (Å²) in [5.74, 6) is 0.255. The van der Waals surface area contributed by atoms with Crippen LogP contribution in [0.4, 0.5) is 0 Å². The normalized spacial score (nSPS) is 12.9. The Hall–Kier alpha value is -0.240. The quantitative estimate of drug-likeness (QED) is 0.775. The molecule has 0 heterocycles. The predicted octanol–water partition coefficient (Wildman–Crippen LogP) is 2.79. The van der Waals surface area contributed by atoms with E-state index in [4.69, 9.17) is 23.2 Å². The molecular weight excluding hydrogens is 207 g/mol. The van der Waals surface area contributed by atoms with E-state index in [-0.39, 0.29) is 5.88 Å². The number of aryl methyl sites for hydroxylation is 1. The summed E-state index contributed by atoms with van der Waals surface area (Å²) in [6.07, 6.45) is 0.0733. The molecular formula is C10H12Cl2O. The first-order chi connectivity index (χ1) is 6.13. The topological polar surface area (TPSA) is 20.2 Å². The minimum atomic E-state index is -0.486. The summed E-state index contributed by atoms with van der Waals surface area (Å²) >= 11 is 11.4.